The highest BCUT2D eigenvalue weighted by atomic mass is 16.5. The first-order valence-electron chi connectivity index (χ1n) is 5.92. The number of aryl methyl sites for hydroxylation is 2. The second-order valence-electron chi connectivity index (χ2n) is 4.50. The summed E-state index contributed by atoms with van der Waals surface area (Å²) in [5.41, 5.74) is 2.98. The zero-order valence-corrected chi connectivity index (χ0v) is 10.9. The number of benzene rings is 1. The van der Waals surface area contributed by atoms with Crippen LogP contribution in [0.25, 0.3) is 0 Å². The van der Waals surface area contributed by atoms with Crippen molar-refractivity contribution in [1.82, 2.24) is 9.78 Å². The number of methoxy groups -OCH3 is 1. The third-order valence-corrected chi connectivity index (χ3v) is 2.87. The molecule has 0 bridgehead atoms. The number of aliphatic hydroxyl groups excluding tert-OH is 1. The van der Waals surface area contributed by atoms with Crippen LogP contribution in [0.3, 0.4) is 0 Å². The van der Waals surface area contributed by atoms with Gasteiger partial charge in [0.2, 0.25) is 0 Å². The number of ether oxygens (including phenoxy) is 1. The number of hydrogen-bond acceptors (Lipinski definition) is 3. The minimum atomic E-state index is -0.626. The molecule has 96 valence electrons. The molecule has 1 atom stereocenters. The summed E-state index contributed by atoms with van der Waals surface area (Å²) in [7, 11) is 1.61. The molecular weight excluding hydrogens is 228 g/mol. The summed E-state index contributed by atoms with van der Waals surface area (Å²) < 4.78 is 7.01. The highest BCUT2D eigenvalue weighted by Crippen LogP contribution is 2.27. The summed E-state index contributed by atoms with van der Waals surface area (Å²) >= 11 is 0. The molecule has 1 heterocycles. The van der Waals surface area contributed by atoms with E-state index in [4.69, 9.17) is 4.74 Å². The Kier molecular flexibility index (Phi) is 3.67. The van der Waals surface area contributed by atoms with Crippen LogP contribution >= 0.6 is 0 Å². The molecule has 18 heavy (non-hydrogen) atoms. The van der Waals surface area contributed by atoms with Crippen LogP contribution in [0.15, 0.2) is 30.6 Å². The first-order valence-corrected chi connectivity index (χ1v) is 5.92. The Morgan fingerprint density at radius 2 is 2.11 bits per heavy atom. The molecule has 0 aliphatic heterocycles. The lowest BCUT2D eigenvalue weighted by atomic mass is 10.1. The first-order chi connectivity index (χ1) is 8.60. The van der Waals surface area contributed by atoms with Gasteiger partial charge in [-0.2, -0.15) is 5.10 Å². The third-order valence-electron chi connectivity index (χ3n) is 2.87. The molecule has 4 heteroatoms. The van der Waals surface area contributed by atoms with E-state index in [1.54, 1.807) is 18.0 Å². The number of nitrogens with zero attached hydrogens (tertiary/aromatic N) is 2. The van der Waals surface area contributed by atoms with Crippen molar-refractivity contribution in [3.8, 4) is 5.75 Å². The van der Waals surface area contributed by atoms with Gasteiger partial charge in [0.1, 0.15) is 11.9 Å². The molecule has 1 unspecified atom stereocenters. The molecule has 0 spiro atoms. The average Bonchev–Trinajstić information content (AvgIpc) is 2.74. The first kappa shape index (κ1) is 12.6. The predicted molar refractivity (Wildman–Crippen MR) is 69.7 cm³/mol. The van der Waals surface area contributed by atoms with E-state index in [1.165, 1.54) is 0 Å². The fraction of sp³-hybridized carbons (Fsp3) is 0.357. The van der Waals surface area contributed by atoms with E-state index in [1.807, 2.05) is 38.2 Å². The molecule has 1 N–H and O–H groups in total. The van der Waals surface area contributed by atoms with E-state index in [0.717, 1.165) is 16.7 Å². The van der Waals surface area contributed by atoms with Crippen LogP contribution < -0.4 is 4.74 Å². The topological polar surface area (TPSA) is 47.3 Å². The molecular formula is C14H18N2O2. The van der Waals surface area contributed by atoms with Crippen LogP contribution in [0.4, 0.5) is 0 Å². The van der Waals surface area contributed by atoms with Gasteiger partial charge in [-0.1, -0.05) is 11.6 Å². The maximum Gasteiger partial charge on any atom is 0.124 e. The number of aromatic nitrogens is 2. The summed E-state index contributed by atoms with van der Waals surface area (Å²) in [5, 5.41) is 14.5. The molecule has 4 nitrogen and oxygen atoms in total. The zero-order chi connectivity index (χ0) is 13.1. The van der Waals surface area contributed by atoms with Crippen molar-refractivity contribution in [3.05, 3.63) is 47.3 Å². The fourth-order valence-corrected chi connectivity index (χ4v) is 1.96. The van der Waals surface area contributed by atoms with Crippen molar-refractivity contribution in [2.45, 2.75) is 26.5 Å². The van der Waals surface area contributed by atoms with E-state index in [9.17, 15) is 5.11 Å². The Bertz CT molecular complexity index is 534. The van der Waals surface area contributed by atoms with Crippen molar-refractivity contribution in [2.24, 2.45) is 0 Å². The molecule has 0 saturated heterocycles. The number of aliphatic hydroxyl groups is 1. The van der Waals surface area contributed by atoms with E-state index in [2.05, 4.69) is 5.10 Å². The summed E-state index contributed by atoms with van der Waals surface area (Å²) in [6.45, 7) is 4.39. The van der Waals surface area contributed by atoms with Crippen molar-refractivity contribution >= 4 is 0 Å². The van der Waals surface area contributed by atoms with Crippen LogP contribution in [0.2, 0.25) is 0 Å². The molecule has 0 aliphatic carbocycles. The second kappa shape index (κ2) is 5.23. The Hall–Kier alpha value is -1.81. The Labute approximate surface area is 107 Å². The highest BCUT2D eigenvalue weighted by Gasteiger charge is 2.14. The van der Waals surface area contributed by atoms with Gasteiger partial charge < -0.3 is 9.84 Å². The third kappa shape index (κ3) is 2.71. The molecule has 1 aromatic carbocycles. The molecule has 0 aliphatic rings. The molecule has 0 fully saturated rings. The minimum Gasteiger partial charge on any atom is -0.496 e. The van der Waals surface area contributed by atoms with Crippen molar-refractivity contribution in [2.75, 3.05) is 7.11 Å². The van der Waals surface area contributed by atoms with Crippen LogP contribution in [0.5, 0.6) is 5.75 Å². The molecule has 0 saturated carbocycles. The zero-order valence-electron chi connectivity index (χ0n) is 10.9. The molecule has 1 aromatic heterocycles. The molecule has 0 amide bonds. The Morgan fingerprint density at radius 1 is 1.33 bits per heavy atom. The van der Waals surface area contributed by atoms with Crippen LogP contribution in [0, 0.1) is 13.8 Å². The van der Waals surface area contributed by atoms with Crippen molar-refractivity contribution in [3.63, 3.8) is 0 Å². The molecule has 2 aromatic rings. The normalized spacial score (nSPS) is 12.4. The Morgan fingerprint density at radius 3 is 2.72 bits per heavy atom. The smallest absolute Gasteiger partial charge is 0.124 e. The van der Waals surface area contributed by atoms with Crippen LogP contribution in [-0.4, -0.2) is 22.0 Å². The van der Waals surface area contributed by atoms with Crippen LogP contribution in [0.1, 0.15) is 22.8 Å². The van der Waals surface area contributed by atoms with Crippen molar-refractivity contribution in [1.29, 1.82) is 0 Å². The summed E-state index contributed by atoms with van der Waals surface area (Å²) in [6, 6.07) is 5.79. The lowest BCUT2D eigenvalue weighted by molar-refractivity contribution is 0.148. The summed E-state index contributed by atoms with van der Waals surface area (Å²) in [5.74, 6) is 0.706. The predicted octanol–water partition coefficient (Wildman–Crippen LogP) is 2.24. The summed E-state index contributed by atoms with van der Waals surface area (Å²) in [4.78, 5) is 0. The average molecular weight is 246 g/mol. The SMILES string of the molecule is COc1ccc(C)cc1C(O)Cn1cc(C)cn1. The van der Waals surface area contributed by atoms with Gasteiger partial charge in [-0.05, 0) is 31.5 Å². The standard InChI is InChI=1S/C14H18N2O2/c1-10-4-5-14(18-3)12(6-10)13(17)9-16-8-11(2)7-15-16/h4-8,13,17H,9H2,1-3H3. The van der Waals surface area contributed by atoms with E-state index in [-0.39, 0.29) is 0 Å². The van der Waals surface area contributed by atoms with E-state index >= 15 is 0 Å². The fourth-order valence-electron chi connectivity index (χ4n) is 1.96. The van der Waals surface area contributed by atoms with Gasteiger partial charge in [-0.3, -0.25) is 4.68 Å². The quantitative estimate of drug-likeness (QED) is 0.900. The van der Waals surface area contributed by atoms with Gasteiger partial charge in [0.25, 0.3) is 0 Å². The highest BCUT2D eigenvalue weighted by molar-refractivity contribution is 5.38. The van der Waals surface area contributed by atoms with Gasteiger partial charge >= 0.3 is 0 Å². The Balaban J connectivity index is 2.22. The minimum absolute atomic E-state index is 0.424. The van der Waals surface area contributed by atoms with Gasteiger partial charge in [-0.25, -0.2) is 0 Å². The van der Waals surface area contributed by atoms with Gasteiger partial charge in [0, 0.05) is 11.8 Å². The maximum absolute atomic E-state index is 10.3. The maximum atomic E-state index is 10.3. The summed E-state index contributed by atoms with van der Waals surface area (Å²) in [6.07, 6.45) is 3.06. The lowest BCUT2D eigenvalue weighted by Crippen LogP contribution is -2.10. The monoisotopic (exact) mass is 246 g/mol. The van der Waals surface area contributed by atoms with E-state index < -0.39 is 6.10 Å². The number of rotatable bonds is 4. The second-order valence-corrected chi connectivity index (χ2v) is 4.50. The van der Waals surface area contributed by atoms with Gasteiger partial charge in [0.05, 0.1) is 19.9 Å². The molecule has 2 rings (SSSR count). The van der Waals surface area contributed by atoms with Gasteiger partial charge in [-0.15, -0.1) is 0 Å². The lowest BCUT2D eigenvalue weighted by Gasteiger charge is -2.15. The van der Waals surface area contributed by atoms with E-state index in [0.29, 0.717) is 12.3 Å². The molecule has 0 radical (unpaired) electrons. The number of hydrogen-bond donors (Lipinski definition) is 1. The van der Waals surface area contributed by atoms with Crippen molar-refractivity contribution < 1.29 is 9.84 Å². The van der Waals surface area contributed by atoms with Gasteiger partial charge in [0.15, 0.2) is 0 Å². The van der Waals surface area contributed by atoms with Crippen LogP contribution in [-0.2, 0) is 6.54 Å². The largest absolute Gasteiger partial charge is 0.496 e.